The van der Waals surface area contributed by atoms with E-state index in [0.717, 1.165) is 26.1 Å². The standard InChI is InChI=1S/C11H20N2O2/c1-9-8-13(6-7-15-9)11(14)10-4-2-3-5-12-10/h9-10,12H,2-8H2,1H3. The molecule has 4 nitrogen and oxygen atoms in total. The van der Waals surface area contributed by atoms with Gasteiger partial charge in [-0.05, 0) is 26.3 Å². The molecule has 1 N–H and O–H groups in total. The summed E-state index contributed by atoms with van der Waals surface area (Å²) in [6.07, 6.45) is 3.54. The van der Waals surface area contributed by atoms with Gasteiger partial charge in [-0.25, -0.2) is 0 Å². The number of ether oxygens (including phenoxy) is 1. The highest BCUT2D eigenvalue weighted by molar-refractivity contribution is 5.82. The normalized spacial score (nSPS) is 32.7. The van der Waals surface area contributed by atoms with Crippen LogP contribution in [0.5, 0.6) is 0 Å². The number of carbonyl (C=O) groups is 1. The number of carbonyl (C=O) groups excluding carboxylic acids is 1. The van der Waals surface area contributed by atoms with Gasteiger partial charge in [0, 0.05) is 13.1 Å². The predicted octanol–water partition coefficient (Wildman–Crippen LogP) is 0.376. The fraction of sp³-hybridized carbons (Fsp3) is 0.909. The molecule has 2 unspecified atom stereocenters. The predicted molar refractivity (Wildman–Crippen MR) is 57.6 cm³/mol. The van der Waals surface area contributed by atoms with Crippen LogP contribution in [0.15, 0.2) is 0 Å². The van der Waals surface area contributed by atoms with Gasteiger partial charge in [0.15, 0.2) is 0 Å². The highest BCUT2D eigenvalue weighted by atomic mass is 16.5. The van der Waals surface area contributed by atoms with Crippen molar-refractivity contribution in [3.8, 4) is 0 Å². The van der Waals surface area contributed by atoms with E-state index in [9.17, 15) is 4.79 Å². The number of amides is 1. The summed E-state index contributed by atoms with van der Waals surface area (Å²) < 4.78 is 5.43. The molecule has 2 atom stereocenters. The molecule has 2 heterocycles. The third-order valence-electron chi connectivity index (χ3n) is 3.16. The molecule has 0 saturated carbocycles. The number of hydrogen-bond donors (Lipinski definition) is 1. The zero-order chi connectivity index (χ0) is 10.7. The van der Waals surface area contributed by atoms with E-state index in [0.29, 0.717) is 6.61 Å². The average molecular weight is 212 g/mol. The van der Waals surface area contributed by atoms with E-state index in [1.165, 1.54) is 12.8 Å². The summed E-state index contributed by atoms with van der Waals surface area (Å²) >= 11 is 0. The molecule has 15 heavy (non-hydrogen) atoms. The zero-order valence-corrected chi connectivity index (χ0v) is 9.37. The SMILES string of the molecule is CC1CN(C(=O)C2CCCCN2)CCO1. The lowest BCUT2D eigenvalue weighted by molar-refractivity contribution is -0.140. The largest absolute Gasteiger partial charge is 0.375 e. The first-order valence-electron chi connectivity index (χ1n) is 5.91. The molecule has 0 bridgehead atoms. The summed E-state index contributed by atoms with van der Waals surface area (Å²) in [6.45, 7) is 5.18. The van der Waals surface area contributed by atoms with Crippen molar-refractivity contribution in [2.24, 2.45) is 0 Å². The first kappa shape index (κ1) is 10.9. The Morgan fingerprint density at radius 2 is 2.33 bits per heavy atom. The molecular weight excluding hydrogens is 192 g/mol. The maximum atomic E-state index is 12.1. The molecule has 2 fully saturated rings. The van der Waals surface area contributed by atoms with Gasteiger partial charge >= 0.3 is 0 Å². The van der Waals surface area contributed by atoms with Gasteiger partial charge in [-0.15, -0.1) is 0 Å². The second-order valence-electron chi connectivity index (χ2n) is 4.47. The fourth-order valence-corrected chi connectivity index (χ4v) is 2.30. The molecule has 86 valence electrons. The van der Waals surface area contributed by atoms with Gasteiger partial charge in [-0.1, -0.05) is 6.42 Å². The van der Waals surface area contributed by atoms with Crippen LogP contribution >= 0.6 is 0 Å². The summed E-state index contributed by atoms with van der Waals surface area (Å²) in [5.74, 6) is 0.268. The highest BCUT2D eigenvalue weighted by Gasteiger charge is 2.28. The number of morpholine rings is 1. The van der Waals surface area contributed by atoms with E-state index in [1.54, 1.807) is 0 Å². The van der Waals surface area contributed by atoms with E-state index in [1.807, 2.05) is 11.8 Å². The van der Waals surface area contributed by atoms with E-state index in [-0.39, 0.29) is 18.1 Å². The van der Waals surface area contributed by atoms with Crippen molar-refractivity contribution in [2.75, 3.05) is 26.2 Å². The number of nitrogens with one attached hydrogen (secondary N) is 1. The topological polar surface area (TPSA) is 41.6 Å². The molecule has 2 saturated heterocycles. The first-order chi connectivity index (χ1) is 7.27. The van der Waals surface area contributed by atoms with Crippen molar-refractivity contribution in [3.05, 3.63) is 0 Å². The van der Waals surface area contributed by atoms with Gasteiger partial charge in [0.1, 0.15) is 0 Å². The summed E-state index contributed by atoms with van der Waals surface area (Å²) in [5.41, 5.74) is 0. The van der Waals surface area contributed by atoms with Crippen molar-refractivity contribution in [1.82, 2.24) is 10.2 Å². The van der Waals surface area contributed by atoms with Gasteiger partial charge in [0.25, 0.3) is 0 Å². The van der Waals surface area contributed by atoms with Crippen LogP contribution in [-0.2, 0) is 9.53 Å². The molecule has 0 spiro atoms. The van der Waals surface area contributed by atoms with Crippen LogP contribution in [0.4, 0.5) is 0 Å². The van der Waals surface area contributed by atoms with Crippen LogP contribution in [-0.4, -0.2) is 49.2 Å². The zero-order valence-electron chi connectivity index (χ0n) is 9.37. The molecule has 0 aromatic heterocycles. The lowest BCUT2D eigenvalue weighted by Gasteiger charge is -2.35. The molecule has 0 radical (unpaired) electrons. The Bertz CT molecular complexity index is 227. The van der Waals surface area contributed by atoms with Gasteiger partial charge in [-0.3, -0.25) is 4.79 Å². The maximum absolute atomic E-state index is 12.1. The van der Waals surface area contributed by atoms with Crippen LogP contribution in [0, 0.1) is 0 Å². The average Bonchev–Trinajstić information content (AvgIpc) is 2.29. The van der Waals surface area contributed by atoms with Gasteiger partial charge in [0.2, 0.25) is 5.91 Å². The Balaban J connectivity index is 1.88. The molecule has 2 rings (SSSR count). The Morgan fingerprint density at radius 3 is 3.00 bits per heavy atom. The van der Waals surface area contributed by atoms with Crippen LogP contribution in [0.1, 0.15) is 26.2 Å². The quantitative estimate of drug-likeness (QED) is 0.683. The lowest BCUT2D eigenvalue weighted by atomic mass is 10.0. The van der Waals surface area contributed by atoms with Crippen LogP contribution in [0.3, 0.4) is 0 Å². The smallest absolute Gasteiger partial charge is 0.239 e. The Morgan fingerprint density at radius 1 is 1.47 bits per heavy atom. The monoisotopic (exact) mass is 212 g/mol. The molecule has 0 aromatic carbocycles. The van der Waals surface area contributed by atoms with Crippen LogP contribution in [0.25, 0.3) is 0 Å². The molecule has 0 aromatic rings. The van der Waals surface area contributed by atoms with Crippen molar-refractivity contribution in [2.45, 2.75) is 38.3 Å². The molecule has 1 amide bonds. The molecule has 0 aliphatic carbocycles. The molecule has 2 aliphatic rings. The Hall–Kier alpha value is -0.610. The van der Waals surface area contributed by atoms with E-state index >= 15 is 0 Å². The Labute approximate surface area is 91.0 Å². The minimum Gasteiger partial charge on any atom is -0.375 e. The summed E-state index contributed by atoms with van der Waals surface area (Å²) in [4.78, 5) is 14.0. The lowest BCUT2D eigenvalue weighted by Crippen LogP contribution is -2.53. The number of piperidine rings is 1. The molecule has 4 heteroatoms. The highest BCUT2D eigenvalue weighted by Crippen LogP contribution is 2.12. The van der Waals surface area contributed by atoms with Crippen molar-refractivity contribution in [1.29, 1.82) is 0 Å². The van der Waals surface area contributed by atoms with Gasteiger partial charge < -0.3 is 15.0 Å². The van der Waals surface area contributed by atoms with E-state index in [2.05, 4.69) is 5.32 Å². The third-order valence-corrected chi connectivity index (χ3v) is 3.16. The number of hydrogen-bond acceptors (Lipinski definition) is 3. The number of nitrogens with zero attached hydrogens (tertiary/aromatic N) is 1. The van der Waals surface area contributed by atoms with E-state index < -0.39 is 0 Å². The molecule has 2 aliphatic heterocycles. The molecular formula is C11H20N2O2. The second kappa shape index (κ2) is 4.94. The van der Waals surface area contributed by atoms with Crippen LogP contribution < -0.4 is 5.32 Å². The van der Waals surface area contributed by atoms with Crippen LogP contribution in [0.2, 0.25) is 0 Å². The van der Waals surface area contributed by atoms with Crippen molar-refractivity contribution >= 4 is 5.91 Å². The van der Waals surface area contributed by atoms with Gasteiger partial charge in [-0.2, -0.15) is 0 Å². The van der Waals surface area contributed by atoms with E-state index in [4.69, 9.17) is 4.74 Å². The Kier molecular flexibility index (Phi) is 3.59. The summed E-state index contributed by atoms with van der Waals surface area (Å²) in [7, 11) is 0. The fourth-order valence-electron chi connectivity index (χ4n) is 2.30. The minimum atomic E-state index is 0.0593. The maximum Gasteiger partial charge on any atom is 0.239 e. The second-order valence-corrected chi connectivity index (χ2v) is 4.47. The van der Waals surface area contributed by atoms with Crippen molar-refractivity contribution in [3.63, 3.8) is 0 Å². The first-order valence-corrected chi connectivity index (χ1v) is 5.91. The van der Waals surface area contributed by atoms with Crippen molar-refractivity contribution < 1.29 is 9.53 Å². The number of rotatable bonds is 1. The summed E-state index contributed by atoms with van der Waals surface area (Å²) in [6, 6.07) is 0.0593. The minimum absolute atomic E-state index is 0.0593. The third kappa shape index (κ3) is 2.69. The summed E-state index contributed by atoms with van der Waals surface area (Å²) in [5, 5.41) is 3.30. The van der Waals surface area contributed by atoms with Gasteiger partial charge in [0.05, 0.1) is 18.8 Å².